The predicted molar refractivity (Wildman–Crippen MR) is 68.2 cm³/mol. The molecule has 0 saturated carbocycles. The standard InChI is InChI=1S/C11H15NO5S/c1-15-9-6-8(4-5-18(12,13)14)7-10(16-2)11(9)17-3/h4-7H,1-3H3,(H2,12,13,14)/b5-4-. The fourth-order valence-electron chi connectivity index (χ4n) is 1.37. The van der Waals surface area contributed by atoms with Crippen LogP contribution in [0.15, 0.2) is 17.5 Å². The summed E-state index contributed by atoms with van der Waals surface area (Å²) in [4.78, 5) is 0. The monoisotopic (exact) mass is 273 g/mol. The van der Waals surface area contributed by atoms with Gasteiger partial charge in [0, 0.05) is 5.41 Å². The Morgan fingerprint density at radius 2 is 1.56 bits per heavy atom. The van der Waals surface area contributed by atoms with Crippen LogP contribution in [0.1, 0.15) is 5.56 Å². The molecule has 0 unspecified atom stereocenters. The molecule has 0 radical (unpaired) electrons. The maximum absolute atomic E-state index is 10.8. The maximum atomic E-state index is 10.8. The first-order valence-corrected chi connectivity index (χ1v) is 6.53. The molecule has 18 heavy (non-hydrogen) atoms. The van der Waals surface area contributed by atoms with E-state index in [1.165, 1.54) is 27.4 Å². The molecule has 0 aliphatic carbocycles. The van der Waals surface area contributed by atoms with E-state index in [2.05, 4.69) is 0 Å². The quantitative estimate of drug-likeness (QED) is 0.863. The maximum Gasteiger partial charge on any atom is 0.231 e. The molecule has 0 saturated heterocycles. The van der Waals surface area contributed by atoms with Gasteiger partial charge < -0.3 is 14.2 Å². The van der Waals surface area contributed by atoms with E-state index in [4.69, 9.17) is 19.3 Å². The van der Waals surface area contributed by atoms with Crippen LogP contribution in [0.3, 0.4) is 0 Å². The largest absolute Gasteiger partial charge is 0.493 e. The van der Waals surface area contributed by atoms with Crippen molar-refractivity contribution in [2.24, 2.45) is 5.14 Å². The first kappa shape index (κ1) is 14.3. The number of sulfonamides is 1. The van der Waals surface area contributed by atoms with Gasteiger partial charge in [0.2, 0.25) is 15.8 Å². The second-order valence-corrected chi connectivity index (χ2v) is 4.80. The third-order valence-corrected chi connectivity index (χ3v) is 2.65. The Morgan fingerprint density at radius 1 is 1.06 bits per heavy atom. The molecule has 0 aliphatic rings. The second kappa shape index (κ2) is 5.74. The number of nitrogens with two attached hydrogens (primary N) is 1. The third-order valence-electron chi connectivity index (χ3n) is 2.14. The smallest absolute Gasteiger partial charge is 0.231 e. The van der Waals surface area contributed by atoms with Gasteiger partial charge in [0.1, 0.15) is 0 Å². The van der Waals surface area contributed by atoms with Crippen LogP contribution < -0.4 is 19.3 Å². The Balaban J connectivity index is 3.28. The molecule has 0 bridgehead atoms. The summed E-state index contributed by atoms with van der Waals surface area (Å²) in [6.07, 6.45) is 1.35. The molecule has 0 heterocycles. The van der Waals surface area contributed by atoms with Gasteiger partial charge in [-0.2, -0.15) is 0 Å². The zero-order valence-electron chi connectivity index (χ0n) is 10.3. The number of benzene rings is 1. The van der Waals surface area contributed by atoms with E-state index in [1.807, 2.05) is 0 Å². The molecule has 100 valence electrons. The lowest BCUT2D eigenvalue weighted by molar-refractivity contribution is 0.324. The third kappa shape index (κ3) is 3.64. The molecule has 6 nitrogen and oxygen atoms in total. The fraction of sp³-hybridized carbons (Fsp3) is 0.273. The van der Waals surface area contributed by atoms with Gasteiger partial charge in [-0.15, -0.1) is 0 Å². The summed E-state index contributed by atoms with van der Waals surface area (Å²) >= 11 is 0. The number of hydrogen-bond donors (Lipinski definition) is 1. The van der Waals surface area contributed by atoms with Crippen LogP contribution in [0, 0.1) is 0 Å². The first-order chi connectivity index (χ1) is 8.41. The lowest BCUT2D eigenvalue weighted by Crippen LogP contribution is -2.06. The molecular weight excluding hydrogens is 258 g/mol. The average molecular weight is 273 g/mol. The predicted octanol–water partition coefficient (Wildman–Crippen LogP) is 0.972. The van der Waals surface area contributed by atoms with Crippen LogP contribution in [-0.2, 0) is 10.0 Å². The summed E-state index contributed by atoms with van der Waals surface area (Å²) in [5.74, 6) is 1.31. The topological polar surface area (TPSA) is 87.9 Å². The van der Waals surface area contributed by atoms with E-state index in [1.54, 1.807) is 12.1 Å². The molecule has 1 aromatic carbocycles. The van der Waals surface area contributed by atoms with Crippen molar-refractivity contribution in [3.63, 3.8) is 0 Å². The minimum absolute atomic E-state index is 0.436. The minimum atomic E-state index is -3.67. The Kier molecular flexibility index (Phi) is 4.57. The molecule has 0 atom stereocenters. The number of methoxy groups -OCH3 is 3. The second-order valence-electron chi connectivity index (χ2n) is 3.35. The SMILES string of the molecule is COc1cc(/C=C\S(N)(=O)=O)cc(OC)c1OC. The normalized spacial score (nSPS) is 11.6. The molecular formula is C11H15NO5S. The Hall–Kier alpha value is -1.73. The highest BCUT2D eigenvalue weighted by atomic mass is 32.2. The van der Waals surface area contributed by atoms with Crippen molar-refractivity contribution in [2.45, 2.75) is 0 Å². The molecule has 0 aliphatic heterocycles. The van der Waals surface area contributed by atoms with E-state index in [9.17, 15) is 8.42 Å². The summed E-state index contributed by atoms with van der Waals surface area (Å²) in [5.41, 5.74) is 0.568. The van der Waals surface area contributed by atoms with Crippen molar-refractivity contribution < 1.29 is 22.6 Å². The van der Waals surface area contributed by atoms with E-state index in [0.717, 1.165) is 5.41 Å². The highest BCUT2D eigenvalue weighted by molar-refractivity contribution is 7.92. The Labute approximate surface area is 106 Å². The summed E-state index contributed by atoms with van der Waals surface area (Å²) in [7, 11) is 0.769. The lowest BCUT2D eigenvalue weighted by Gasteiger charge is -2.12. The molecule has 1 aromatic rings. The zero-order chi connectivity index (χ0) is 13.8. The van der Waals surface area contributed by atoms with Crippen molar-refractivity contribution in [1.29, 1.82) is 0 Å². The van der Waals surface area contributed by atoms with Crippen LogP contribution in [0.4, 0.5) is 0 Å². The highest BCUT2D eigenvalue weighted by Crippen LogP contribution is 2.38. The van der Waals surface area contributed by atoms with Gasteiger partial charge >= 0.3 is 0 Å². The molecule has 0 spiro atoms. The van der Waals surface area contributed by atoms with Crippen molar-refractivity contribution in [3.05, 3.63) is 23.1 Å². The van der Waals surface area contributed by atoms with Crippen molar-refractivity contribution >= 4 is 16.1 Å². The number of ether oxygens (including phenoxy) is 3. The van der Waals surface area contributed by atoms with E-state index < -0.39 is 10.0 Å². The van der Waals surface area contributed by atoms with E-state index >= 15 is 0 Å². The van der Waals surface area contributed by atoms with E-state index in [-0.39, 0.29) is 0 Å². The van der Waals surface area contributed by atoms with Gasteiger partial charge in [0.25, 0.3) is 0 Å². The van der Waals surface area contributed by atoms with Crippen molar-refractivity contribution in [2.75, 3.05) is 21.3 Å². The van der Waals surface area contributed by atoms with Gasteiger partial charge in [-0.3, -0.25) is 0 Å². The van der Waals surface area contributed by atoms with Crippen molar-refractivity contribution in [3.8, 4) is 17.2 Å². The van der Waals surface area contributed by atoms with E-state index in [0.29, 0.717) is 22.8 Å². The van der Waals surface area contributed by atoms with Gasteiger partial charge in [-0.25, -0.2) is 13.6 Å². The minimum Gasteiger partial charge on any atom is -0.493 e. The average Bonchev–Trinajstić information content (AvgIpc) is 2.33. The van der Waals surface area contributed by atoms with Crippen molar-refractivity contribution in [1.82, 2.24) is 0 Å². The molecule has 0 amide bonds. The fourth-order valence-corrected chi connectivity index (χ4v) is 1.72. The van der Waals surface area contributed by atoms with Gasteiger partial charge in [-0.1, -0.05) is 0 Å². The number of rotatable bonds is 5. The van der Waals surface area contributed by atoms with Crippen LogP contribution in [-0.4, -0.2) is 29.7 Å². The summed E-state index contributed by atoms with van der Waals surface area (Å²) in [6, 6.07) is 3.23. The van der Waals surface area contributed by atoms with Gasteiger partial charge in [0.15, 0.2) is 11.5 Å². The molecule has 2 N–H and O–H groups in total. The molecule has 0 fully saturated rings. The molecule has 7 heteroatoms. The lowest BCUT2D eigenvalue weighted by atomic mass is 10.2. The number of primary sulfonamides is 1. The molecule has 0 aromatic heterocycles. The first-order valence-electron chi connectivity index (χ1n) is 4.92. The Bertz CT molecular complexity index is 526. The summed E-state index contributed by atoms with van der Waals surface area (Å²) < 4.78 is 37.1. The van der Waals surface area contributed by atoms with Gasteiger partial charge in [0.05, 0.1) is 21.3 Å². The zero-order valence-corrected chi connectivity index (χ0v) is 11.2. The summed E-state index contributed by atoms with van der Waals surface area (Å²) in [5, 5.41) is 5.78. The van der Waals surface area contributed by atoms with Crippen LogP contribution in [0.25, 0.3) is 6.08 Å². The molecule has 1 rings (SSSR count). The Morgan fingerprint density at radius 3 is 1.89 bits per heavy atom. The van der Waals surface area contributed by atoms with Gasteiger partial charge in [-0.05, 0) is 23.8 Å². The van der Waals surface area contributed by atoms with Crippen LogP contribution in [0.5, 0.6) is 17.2 Å². The summed E-state index contributed by atoms with van der Waals surface area (Å²) in [6.45, 7) is 0. The van der Waals surface area contributed by atoms with Crippen LogP contribution >= 0.6 is 0 Å². The number of hydrogen-bond acceptors (Lipinski definition) is 5. The van der Waals surface area contributed by atoms with Crippen LogP contribution in [0.2, 0.25) is 0 Å². The highest BCUT2D eigenvalue weighted by Gasteiger charge is 2.12.